The largest absolute Gasteiger partial charge is 0.497 e. The molecule has 2 aliphatic rings. The Morgan fingerprint density at radius 2 is 1.91 bits per heavy atom. The van der Waals surface area contributed by atoms with Crippen molar-refractivity contribution in [1.29, 1.82) is 0 Å². The van der Waals surface area contributed by atoms with Crippen LogP contribution in [0.5, 0.6) is 5.75 Å². The maximum Gasteiger partial charge on any atom is 0.322 e. The van der Waals surface area contributed by atoms with Gasteiger partial charge in [-0.1, -0.05) is 23.7 Å². The molecule has 0 aliphatic carbocycles. The van der Waals surface area contributed by atoms with Crippen molar-refractivity contribution in [2.45, 2.75) is 12.5 Å². The summed E-state index contributed by atoms with van der Waals surface area (Å²) < 4.78 is 11.2. The van der Waals surface area contributed by atoms with Crippen LogP contribution in [0.1, 0.15) is 16.8 Å². The van der Waals surface area contributed by atoms with Crippen LogP contribution in [0.15, 0.2) is 48.5 Å². The Balaban J connectivity index is 1.28. The molecule has 0 radical (unpaired) electrons. The van der Waals surface area contributed by atoms with Crippen LogP contribution in [0.3, 0.4) is 0 Å². The Kier molecular flexibility index (Phi) is 8.26. The van der Waals surface area contributed by atoms with Crippen molar-refractivity contribution in [1.82, 2.24) is 14.7 Å². The van der Waals surface area contributed by atoms with E-state index in [1.54, 1.807) is 30.2 Å². The average molecular weight is 487 g/mol. The van der Waals surface area contributed by atoms with Crippen LogP contribution in [0, 0.1) is 0 Å². The van der Waals surface area contributed by atoms with Gasteiger partial charge in [0.25, 0.3) is 5.91 Å². The summed E-state index contributed by atoms with van der Waals surface area (Å²) in [7, 11) is 1.60. The van der Waals surface area contributed by atoms with Gasteiger partial charge in [0.15, 0.2) is 0 Å². The third kappa shape index (κ3) is 6.40. The number of halogens is 1. The van der Waals surface area contributed by atoms with E-state index in [1.807, 2.05) is 35.2 Å². The highest BCUT2D eigenvalue weighted by molar-refractivity contribution is 6.30. The molecule has 2 aliphatic heterocycles. The average Bonchev–Trinajstić information content (AvgIpc) is 3.09. The quantitative estimate of drug-likeness (QED) is 0.701. The van der Waals surface area contributed by atoms with Gasteiger partial charge in [-0.2, -0.15) is 0 Å². The van der Waals surface area contributed by atoms with Gasteiger partial charge < -0.3 is 24.6 Å². The van der Waals surface area contributed by atoms with Crippen LogP contribution in [0.2, 0.25) is 5.02 Å². The first-order valence-corrected chi connectivity index (χ1v) is 12.0. The minimum atomic E-state index is -0.151. The highest BCUT2D eigenvalue weighted by atomic mass is 35.5. The number of hydrogen-bond donors (Lipinski definition) is 1. The van der Waals surface area contributed by atoms with Gasteiger partial charge in [-0.25, -0.2) is 4.79 Å². The van der Waals surface area contributed by atoms with E-state index < -0.39 is 0 Å². The number of benzene rings is 2. The molecule has 2 aromatic rings. The summed E-state index contributed by atoms with van der Waals surface area (Å²) >= 11 is 6.02. The third-order valence-electron chi connectivity index (χ3n) is 6.16. The minimum absolute atomic E-state index is 0.0264. The van der Waals surface area contributed by atoms with E-state index in [2.05, 4.69) is 10.2 Å². The maximum absolute atomic E-state index is 13.0. The molecule has 0 saturated carbocycles. The van der Waals surface area contributed by atoms with Gasteiger partial charge in [-0.3, -0.25) is 9.69 Å². The fraction of sp³-hybridized carbons (Fsp3) is 0.440. The van der Waals surface area contributed by atoms with E-state index >= 15 is 0 Å². The zero-order valence-electron chi connectivity index (χ0n) is 19.4. The van der Waals surface area contributed by atoms with E-state index in [1.165, 1.54) is 0 Å². The summed E-state index contributed by atoms with van der Waals surface area (Å²) in [6.45, 7) is 5.32. The normalized spacial score (nSPS) is 19.4. The number of carbonyl (C=O) groups excluding carboxylic acids is 2. The van der Waals surface area contributed by atoms with Crippen LogP contribution >= 0.6 is 11.6 Å². The maximum atomic E-state index is 13.0. The molecule has 34 heavy (non-hydrogen) atoms. The molecule has 3 amide bonds. The Morgan fingerprint density at radius 1 is 1.06 bits per heavy atom. The number of rotatable bonds is 5. The van der Waals surface area contributed by atoms with Crippen molar-refractivity contribution in [3.05, 3.63) is 59.1 Å². The first kappa shape index (κ1) is 24.3. The molecule has 2 saturated heterocycles. The predicted molar refractivity (Wildman–Crippen MR) is 132 cm³/mol. The van der Waals surface area contributed by atoms with Gasteiger partial charge >= 0.3 is 6.03 Å². The molecule has 2 fully saturated rings. The highest BCUT2D eigenvalue weighted by Crippen LogP contribution is 2.18. The first-order chi connectivity index (χ1) is 16.5. The molecule has 0 bridgehead atoms. The van der Waals surface area contributed by atoms with Crippen molar-refractivity contribution < 1.29 is 19.1 Å². The Bertz CT molecular complexity index is 1000. The number of carbonyl (C=O) groups is 2. The van der Waals surface area contributed by atoms with E-state index in [-0.39, 0.29) is 18.0 Å². The van der Waals surface area contributed by atoms with Gasteiger partial charge in [0.05, 0.1) is 19.8 Å². The summed E-state index contributed by atoms with van der Waals surface area (Å²) in [6, 6.07) is 14.3. The molecular formula is C25H31ClN4O4. The number of hydrogen-bond acceptors (Lipinski definition) is 5. The van der Waals surface area contributed by atoms with E-state index in [0.717, 1.165) is 26.1 Å². The molecule has 8 nitrogen and oxygen atoms in total. The standard InChI is InChI=1S/C25H31ClN4O4/c1-33-22-8-2-5-19(15-22)24(31)29-10-4-9-28(11-12-29)17-23-18-30(13-14-34-23)25(32)27-21-7-3-6-20(26)16-21/h2-3,5-8,15-16,23H,4,9-14,17-18H2,1H3,(H,27,32)/t23-/m0/s1. The number of nitrogens with zero attached hydrogens (tertiary/aromatic N) is 3. The van der Waals surface area contributed by atoms with Gasteiger partial charge in [-0.05, 0) is 49.4 Å². The van der Waals surface area contributed by atoms with Crippen molar-refractivity contribution in [3.63, 3.8) is 0 Å². The van der Waals surface area contributed by atoms with E-state index in [9.17, 15) is 9.59 Å². The summed E-state index contributed by atoms with van der Waals surface area (Å²) in [5.41, 5.74) is 1.32. The van der Waals surface area contributed by atoms with Crippen LogP contribution in [0.25, 0.3) is 0 Å². The molecule has 1 N–H and O–H groups in total. The lowest BCUT2D eigenvalue weighted by molar-refractivity contribution is -0.0283. The molecule has 182 valence electrons. The second kappa shape index (κ2) is 11.6. The first-order valence-electron chi connectivity index (χ1n) is 11.6. The number of anilines is 1. The monoisotopic (exact) mass is 486 g/mol. The van der Waals surface area contributed by atoms with E-state index in [0.29, 0.717) is 54.8 Å². The van der Waals surface area contributed by atoms with Crippen molar-refractivity contribution in [3.8, 4) is 5.75 Å². The highest BCUT2D eigenvalue weighted by Gasteiger charge is 2.27. The van der Waals surface area contributed by atoms with Gasteiger partial charge in [0, 0.05) is 55.5 Å². The fourth-order valence-electron chi connectivity index (χ4n) is 4.37. The summed E-state index contributed by atoms with van der Waals surface area (Å²) in [6.07, 6.45) is 0.820. The molecule has 2 heterocycles. The summed E-state index contributed by atoms with van der Waals surface area (Å²) in [5, 5.41) is 3.49. The molecule has 0 spiro atoms. The molecule has 0 aromatic heterocycles. The smallest absolute Gasteiger partial charge is 0.322 e. The number of ether oxygens (including phenoxy) is 2. The molecule has 4 rings (SSSR count). The number of morpholine rings is 1. The zero-order chi connectivity index (χ0) is 23.9. The number of amides is 3. The van der Waals surface area contributed by atoms with Gasteiger partial charge in [-0.15, -0.1) is 0 Å². The number of methoxy groups -OCH3 is 1. The second-order valence-electron chi connectivity index (χ2n) is 8.56. The van der Waals surface area contributed by atoms with Gasteiger partial charge in [0.1, 0.15) is 5.75 Å². The lowest BCUT2D eigenvalue weighted by Gasteiger charge is -2.35. The van der Waals surface area contributed by atoms with Crippen molar-refractivity contribution >= 4 is 29.2 Å². The zero-order valence-corrected chi connectivity index (χ0v) is 20.2. The van der Waals surface area contributed by atoms with E-state index in [4.69, 9.17) is 21.1 Å². The lowest BCUT2D eigenvalue weighted by Crippen LogP contribution is -2.51. The summed E-state index contributed by atoms with van der Waals surface area (Å²) in [5.74, 6) is 0.708. The van der Waals surface area contributed by atoms with Crippen molar-refractivity contribution in [2.24, 2.45) is 0 Å². The third-order valence-corrected chi connectivity index (χ3v) is 6.39. The Hall–Kier alpha value is -2.81. The molecule has 9 heteroatoms. The molecular weight excluding hydrogens is 456 g/mol. The topological polar surface area (TPSA) is 74.4 Å². The van der Waals surface area contributed by atoms with Crippen LogP contribution in [-0.2, 0) is 4.74 Å². The summed E-state index contributed by atoms with van der Waals surface area (Å²) in [4.78, 5) is 31.7. The van der Waals surface area contributed by atoms with Crippen molar-refractivity contribution in [2.75, 3.05) is 64.8 Å². The Labute approximate surface area is 205 Å². The molecule has 2 aromatic carbocycles. The molecule has 1 atom stereocenters. The fourth-order valence-corrected chi connectivity index (χ4v) is 4.56. The number of nitrogens with one attached hydrogen (secondary N) is 1. The molecule has 0 unspecified atom stereocenters. The van der Waals surface area contributed by atoms with Crippen LogP contribution in [-0.4, -0.2) is 92.3 Å². The Morgan fingerprint density at radius 3 is 2.74 bits per heavy atom. The van der Waals surface area contributed by atoms with Crippen LogP contribution < -0.4 is 10.1 Å². The SMILES string of the molecule is COc1cccc(C(=O)N2CCCN(C[C@H]3CN(C(=O)Nc4cccc(Cl)c4)CCO3)CC2)c1. The lowest BCUT2D eigenvalue weighted by atomic mass is 10.2. The second-order valence-corrected chi connectivity index (χ2v) is 8.99. The predicted octanol–water partition coefficient (Wildman–Crippen LogP) is 3.43. The van der Waals surface area contributed by atoms with Gasteiger partial charge in [0.2, 0.25) is 0 Å². The van der Waals surface area contributed by atoms with Crippen LogP contribution in [0.4, 0.5) is 10.5 Å². The minimum Gasteiger partial charge on any atom is -0.497 e. The number of urea groups is 1.